The van der Waals surface area contributed by atoms with Gasteiger partial charge in [0.25, 0.3) is 5.91 Å². The first-order valence-corrected chi connectivity index (χ1v) is 8.27. The van der Waals surface area contributed by atoms with Crippen molar-refractivity contribution in [3.8, 4) is 11.3 Å². The highest BCUT2D eigenvalue weighted by molar-refractivity contribution is 5.93. The van der Waals surface area contributed by atoms with Crippen molar-refractivity contribution in [3.05, 3.63) is 77.7 Å². The van der Waals surface area contributed by atoms with Crippen LogP contribution >= 0.6 is 0 Å². The number of carbonyl (C=O) groups excluding carboxylic acids is 1. The van der Waals surface area contributed by atoms with Crippen molar-refractivity contribution in [2.45, 2.75) is 12.3 Å². The third kappa shape index (κ3) is 3.18. The van der Waals surface area contributed by atoms with E-state index in [1.807, 2.05) is 30.3 Å². The summed E-state index contributed by atoms with van der Waals surface area (Å²) in [5, 5.41) is 3.93. The van der Waals surface area contributed by atoms with E-state index in [2.05, 4.69) is 5.16 Å². The Hall–Kier alpha value is -2.95. The molecule has 1 amide bonds. The van der Waals surface area contributed by atoms with E-state index in [1.165, 1.54) is 12.1 Å². The maximum atomic E-state index is 13.1. The van der Waals surface area contributed by atoms with Crippen molar-refractivity contribution in [2.24, 2.45) is 0 Å². The Morgan fingerprint density at radius 2 is 1.88 bits per heavy atom. The predicted molar refractivity (Wildman–Crippen MR) is 91.6 cm³/mol. The summed E-state index contributed by atoms with van der Waals surface area (Å²) >= 11 is 0. The molecule has 1 aromatic heterocycles. The monoisotopic (exact) mass is 336 g/mol. The maximum absolute atomic E-state index is 13.1. The van der Waals surface area contributed by atoms with Gasteiger partial charge in [0, 0.05) is 30.6 Å². The van der Waals surface area contributed by atoms with Gasteiger partial charge in [-0.25, -0.2) is 4.39 Å². The second kappa shape index (κ2) is 6.51. The fourth-order valence-corrected chi connectivity index (χ4v) is 3.23. The molecule has 2 heterocycles. The van der Waals surface area contributed by atoms with Gasteiger partial charge in [0.1, 0.15) is 5.82 Å². The quantitative estimate of drug-likeness (QED) is 0.723. The molecule has 4 nitrogen and oxygen atoms in total. The SMILES string of the molecule is O=C(c1cc(-c2ccccc2)on1)N1CCC(c2ccc(F)cc2)C1. The number of rotatable bonds is 3. The van der Waals surface area contributed by atoms with E-state index in [0.717, 1.165) is 17.5 Å². The summed E-state index contributed by atoms with van der Waals surface area (Å²) in [6.45, 7) is 1.27. The lowest BCUT2D eigenvalue weighted by atomic mass is 9.99. The van der Waals surface area contributed by atoms with Gasteiger partial charge < -0.3 is 9.42 Å². The van der Waals surface area contributed by atoms with Crippen molar-refractivity contribution in [2.75, 3.05) is 13.1 Å². The first-order chi connectivity index (χ1) is 12.2. The van der Waals surface area contributed by atoms with Gasteiger partial charge in [-0.2, -0.15) is 0 Å². The Morgan fingerprint density at radius 1 is 1.12 bits per heavy atom. The van der Waals surface area contributed by atoms with Crippen LogP contribution in [0.4, 0.5) is 4.39 Å². The molecule has 3 aromatic rings. The van der Waals surface area contributed by atoms with Crippen LogP contribution in [0.2, 0.25) is 0 Å². The van der Waals surface area contributed by atoms with Crippen molar-refractivity contribution >= 4 is 5.91 Å². The fraction of sp³-hybridized carbons (Fsp3) is 0.200. The standard InChI is InChI=1S/C20H17FN2O2/c21-17-8-6-14(7-9-17)16-10-11-23(13-16)20(24)18-12-19(25-22-18)15-4-2-1-3-5-15/h1-9,12,16H,10-11,13H2. The lowest BCUT2D eigenvalue weighted by Crippen LogP contribution is -2.28. The fourth-order valence-electron chi connectivity index (χ4n) is 3.23. The second-order valence-corrected chi connectivity index (χ2v) is 6.23. The summed E-state index contributed by atoms with van der Waals surface area (Å²) in [6, 6.07) is 17.8. The molecule has 1 fully saturated rings. The summed E-state index contributed by atoms with van der Waals surface area (Å²) in [6.07, 6.45) is 0.862. The average Bonchev–Trinajstić information content (AvgIpc) is 3.33. The number of nitrogens with zero attached hydrogens (tertiary/aromatic N) is 2. The zero-order chi connectivity index (χ0) is 17.2. The third-order valence-electron chi connectivity index (χ3n) is 4.60. The Labute approximate surface area is 144 Å². The summed E-state index contributed by atoms with van der Waals surface area (Å²) in [5.74, 6) is 0.435. The van der Waals surface area contributed by atoms with Gasteiger partial charge in [-0.05, 0) is 24.1 Å². The van der Waals surface area contributed by atoms with E-state index in [4.69, 9.17) is 4.52 Å². The summed E-state index contributed by atoms with van der Waals surface area (Å²) < 4.78 is 18.4. The minimum atomic E-state index is -0.245. The molecule has 0 bridgehead atoms. The molecule has 5 heteroatoms. The molecule has 1 unspecified atom stereocenters. The lowest BCUT2D eigenvalue weighted by molar-refractivity contribution is 0.0780. The number of hydrogen-bond donors (Lipinski definition) is 0. The first kappa shape index (κ1) is 15.6. The summed E-state index contributed by atoms with van der Waals surface area (Å²) in [7, 11) is 0. The van der Waals surface area contributed by atoms with Crippen LogP contribution in [0, 0.1) is 5.82 Å². The second-order valence-electron chi connectivity index (χ2n) is 6.23. The molecule has 0 aliphatic carbocycles. The molecule has 0 saturated carbocycles. The van der Waals surface area contributed by atoms with Crippen LogP contribution in [-0.2, 0) is 0 Å². The van der Waals surface area contributed by atoms with Crippen molar-refractivity contribution in [1.82, 2.24) is 10.1 Å². The predicted octanol–water partition coefficient (Wildman–Crippen LogP) is 4.11. The van der Waals surface area contributed by atoms with Crippen LogP contribution in [-0.4, -0.2) is 29.1 Å². The molecule has 2 aromatic carbocycles. The third-order valence-corrected chi connectivity index (χ3v) is 4.60. The molecular formula is C20H17FN2O2. The number of halogens is 1. The molecule has 1 aliphatic heterocycles. The van der Waals surface area contributed by atoms with Gasteiger partial charge >= 0.3 is 0 Å². The van der Waals surface area contributed by atoms with Crippen LogP contribution in [0.5, 0.6) is 0 Å². The molecule has 0 radical (unpaired) electrons. The van der Waals surface area contributed by atoms with E-state index in [9.17, 15) is 9.18 Å². The van der Waals surface area contributed by atoms with Crippen LogP contribution < -0.4 is 0 Å². The van der Waals surface area contributed by atoms with Crippen LogP contribution in [0.3, 0.4) is 0 Å². The Bertz CT molecular complexity index is 874. The number of benzene rings is 2. The van der Waals surface area contributed by atoms with Gasteiger partial charge in [0.05, 0.1) is 0 Å². The Morgan fingerprint density at radius 3 is 2.64 bits per heavy atom. The van der Waals surface area contributed by atoms with Gasteiger partial charge in [-0.1, -0.05) is 47.6 Å². The van der Waals surface area contributed by atoms with E-state index in [1.54, 1.807) is 23.1 Å². The molecule has 1 atom stereocenters. The number of carbonyl (C=O) groups is 1. The molecule has 126 valence electrons. The summed E-state index contributed by atoms with van der Waals surface area (Å²) in [4.78, 5) is 14.4. The van der Waals surface area contributed by atoms with E-state index >= 15 is 0 Å². The van der Waals surface area contributed by atoms with Crippen molar-refractivity contribution in [3.63, 3.8) is 0 Å². The smallest absolute Gasteiger partial charge is 0.276 e. The molecule has 4 rings (SSSR count). The normalized spacial score (nSPS) is 17.0. The minimum absolute atomic E-state index is 0.129. The largest absolute Gasteiger partial charge is 0.355 e. The first-order valence-electron chi connectivity index (χ1n) is 8.27. The zero-order valence-corrected chi connectivity index (χ0v) is 13.6. The summed E-state index contributed by atoms with van der Waals surface area (Å²) in [5.41, 5.74) is 2.26. The highest BCUT2D eigenvalue weighted by Crippen LogP contribution is 2.29. The average molecular weight is 336 g/mol. The maximum Gasteiger partial charge on any atom is 0.276 e. The number of hydrogen-bond acceptors (Lipinski definition) is 3. The molecule has 1 saturated heterocycles. The lowest BCUT2D eigenvalue weighted by Gasteiger charge is -2.15. The highest BCUT2D eigenvalue weighted by Gasteiger charge is 2.29. The topological polar surface area (TPSA) is 46.3 Å². The van der Waals surface area contributed by atoms with Crippen LogP contribution in [0.25, 0.3) is 11.3 Å². The molecule has 25 heavy (non-hydrogen) atoms. The van der Waals surface area contributed by atoms with E-state index < -0.39 is 0 Å². The Balaban J connectivity index is 1.47. The van der Waals surface area contributed by atoms with E-state index in [0.29, 0.717) is 24.5 Å². The number of amides is 1. The highest BCUT2D eigenvalue weighted by atomic mass is 19.1. The number of aromatic nitrogens is 1. The molecule has 1 aliphatic rings. The number of likely N-dealkylation sites (tertiary alicyclic amines) is 1. The minimum Gasteiger partial charge on any atom is -0.355 e. The van der Waals surface area contributed by atoms with Gasteiger partial charge in [0.15, 0.2) is 11.5 Å². The van der Waals surface area contributed by atoms with Crippen LogP contribution in [0.15, 0.2) is 65.2 Å². The van der Waals surface area contributed by atoms with Crippen LogP contribution in [0.1, 0.15) is 28.4 Å². The molecule has 0 spiro atoms. The zero-order valence-electron chi connectivity index (χ0n) is 13.6. The van der Waals surface area contributed by atoms with Gasteiger partial charge in [-0.3, -0.25) is 4.79 Å². The molecule has 0 N–H and O–H groups in total. The Kier molecular flexibility index (Phi) is 4.06. The van der Waals surface area contributed by atoms with E-state index in [-0.39, 0.29) is 17.6 Å². The van der Waals surface area contributed by atoms with Gasteiger partial charge in [0.2, 0.25) is 0 Å². The van der Waals surface area contributed by atoms with Crippen molar-refractivity contribution < 1.29 is 13.7 Å². The molecular weight excluding hydrogens is 319 g/mol. The van der Waals surface area contributed by atoms with Gasteiger partial charge in [-0.15, -0.1) is 0 Å². The van der Waals surface area contributed by atoms with Crippen molar-refractivity contribution in [1.29, 1.82) is 0 Å².